The molecule has 0 unspecified atom stereocenters. The van der Waals surface area contributed by atoms with Gasteiger partial charge in [-0.2, -0.15) is 10.2 Å². The molecule has 150 valence electrons. The topological polar surface area (TPSA) is 99.9 Å². The van der Waals surface area contributed by atoms with Gasteiger partial charge >= 0.3 is 0 Å². The molecule has 0 radical (unpaired) electrons. The lowest BCUT2D eigenvalue weighted by Gasteiger charge is -2.23. The van der Waals surface area contributed by atoms with Crippen LogP contribution in [0.5, 0.6) is 0 Å². The molecule has 3 rings (SSSR count). The molecule has 0 bridgehead atoms. The first-order valence-corrected chi connectivity index (χ1v) is 9.64. The van der Waals surface area contributed by atoms with Crippen molar-refractivity contribution >= 4 is 23.2 Å². The second-order valence-electron chi connectivity index (χ2n) is 7.16. The number of carbonyl (C=O) groups excluding carboxylic acids is 1. The molecule has 1 aromatic heterocycles. The lowest BCUT2D eigenvalue weighted by Crippen LogP contribution is -2.28. The number of ketones is 1. The van der Waals surface area contributed by atoms with Gasteiger partial charge in [0, 0.05) is 43.1 Å². The summed E-state index contributed by atoms with van der Waals surface area (Å²) in [4.78, 5) is 20.9. The predicted octanol–water partition coefficient (Wildman–Crippen LogP) is 3.60. The van der Waals surface area contributed by atoms with Crippen molar-refractivity contribution < 1.29 is 9.53 Å². The number of nitriles is 1. The van der Waals surface area contributed by atoms with E-state index in [1.165, 1.54) is 6.08 Å². The van der Waals surface area contributed by atoms with Crippen LogP contribution in [0.4, 0.5) is 17.5 Å². The monoisotopic (exact) mass is 391 g/mol. The Kier molecular flexibility index (Phi) is 6.57. The normalized spacial score (nSPS) is 14.1. The number of aromatic nitrogens is 2. The number of hydrogen-bond donors (Lipinski definition) is 2. The van der Waals surface area contributed by atoms with Crippen LogP contribution in [0.25, 0.3) is 0 Å². The zero-order valence-corrected chi connectivity index (χ0v) is 16.8. The van der Waals surface area contributed by atoms with Crippen molar-refractivity contribution in [3.63, 3.8) is 0 Å². The average Bonchev–Trinajstić information content (AvgIpc) is 2.72. The van der Waals surface area contributed by atoms with Crippen molar-refractivity contribution in [3.05, 3.63) is 53.2 Å². The van der Waals surface area contributed by atoms with Gasteiger partial charge in [0.05, 0.1) is 11.6 Å². The second kappa shape index (κ2) is 9.30. The third-order valence-corrected chi connectivity index (χ3v) is 4.94. The Labute approximate surface area is 170 Å². The van der Waals surface area contributed by atoms with Gasteiger partial charge < -0.3 is 15.4 Å². The van der Waals surface area contributed by atoms with E-state index in [1.807, 2.05) is 19.9 Å². The Morgan fingerprint density at radius 3 is 2.79 bits per heavy atom. The Morgan fingerprint density at radius 1 is 1.34 bits per heavy atom. The van der Waals surface area contributed by atoms with Crippen LogP contribution in [-0.2, 0) is 16.0 Å². The SMILES string of the molecule is C=CC(=O)Cc1cc(C)c(C#N)cc1Nc1nc(NC2CCOCC2)ncc1C. The van der Waals surface area contributed by atoms with E-state index in [-0.39, 0.29) is 18.2 Å². The number of hydrogen-bond acceptors (Lipinski definition) is 7. The highest BCUT2D eigenvalue weighted by molar-refractivity contribution is 5.92. The molecule has 29 heavy (non-hydrogen) atoms. The molecule has 1 aromatic carbocycles. The highest BCUT2D eigenvalue weighted by Gasteiger charge is 2.16. The summed E-state index contributed by atoms with van der Waals surface area (Å²) in [6.45, 7) is 8.78. The molecule has 7 heteroatoms. The maximum atomic E-state index is 11.9. The molecule has 0 spiro atoms. The van der Waals surface area contributed by atoms with E-state index in [0.717, 1.165) is 42.7 Å². The number of rotatable bonds is 7. The lowest BCUT2D eigenvalue weighted by molar-refractivity contribution is -0.114. The van der Waals surface area contributed by atoms with Gasteiger partial charge in [-0.1, -0.05) is 12.6 Å². The maximum Gasteiger partial charge on any atom is 0.224 e. The Morgan fingerprint density at radius 2 is 2.10 bits per heavy atom. The van der Waals surface area contributed by atoms with E-state index in [0.29, 0.717) is 23.0 Å². The van der Waals surface area contributed by atoms with Crippen molar-refractivity contribution in [2.24, 2.45) is 0 Å². The molecule has 0 aliphatic carbocycles. The van der Waals surface area contributed by atoms with Crippen LogP contribution in [0.15, 0.2) is 31.0 Å². The summed E-state index contributed by atoms with van der Waals surface area (Å²) in [6.07, 6.45) is 5.10. The van der Waals surface area contributed by atoms with Gasteiger partial charge in [-0.15, -0.1) is 0 Å². The summed E-state index contributed by atoms with van der Waals surface area (Å²) in [5.74, 6) is 1.09. The summed E-state index contributed by atoms with van der Waals surface area (Å²) in [6, 6.07) is 6.10. The Hall–Kier alpha value is -3.24. The minimum Gasteiger partial charge on any atom is -0.381 e. The summed E-state index contributed by atoms with van der Waals surface area (Å²) in [5.41, 5.74) is 3.72. The summed E-state index contributed by atoms with van der Waals surface area (Å²) < 4.78 is 5.39. The van der Waals surface area contributed by atoms with Crippen LogP contribution < -0.4 is 10.6 Å². The number of allylic oxidation sites excluding steroid dienone is 1. The zero-order chi connectivity index (χ0) is 20.8. The standard InChI is InChI=1S/C22H25N5O2/c1-4-19(28)10-16-9-14(2)17(12-23)11-20(16)26-21-15(3)13-24-22(27-21)25-18-5-7-29-8-6-18/h4,9,11,13,18H,1,5-8,10H2,2-3H3,(H2,24,25,26,27). The Bertz CT molecular complexity index is 958. The van der Waals surface area contributed by atoms with Crippen LogP contribution in [0.1, 0.15) is 35.1 Å². The van der Waals surface area contributed by atoms with Crippen molar-refractivity contribution in [2.45, 2.75) is 39.2 Å². The van der Waals surface area contributed by atoms with E-state index in [2.05, 4.69) is 33.2 Å². The molecule has 1 aliphatic heterocycles. The molecular weight excluding hydrogens is 366 g/mol. The van der Waals surface area contributed by atoms with E-state index in [4.69, 9.17) is 4.74 Å². The number of ether oxygens (including phenoxy) is 1. The van der Waals surface area contributed by atoms with Gasteiger partial charge in [0.25, 0.3) is 0 Å². The van der Waals surface area contributed by atoms with E-state index >= 15 is 0 Å². The first-order chi connectivity index (χ1) is 14.0. The molecule has 1 fully saturated rings. The summed E-state index contributed by atoms with van der Waals surface area (Å²) in [5, 5.41) is 16.1. The smallest absolute Gasteiger partial charge is 0.224 e. The molecule has 2 aromatic rings. The largest absolute Gasteiger partial charge is 0.381 e. The quantitative estimate of drug-likeness (QED) is 0.696. The van der Waals surface area contributed by atoms with Crippen LogP contribution in [0.3, 0.4) is 0 Å². The molecule has 0 saturated carbocycles. The van der Waals surface area contributed by atoms with Crippen molar-refractivity contribution in [1.29, 1.82) is 5.26 Å². The first-order valence-electron chi connectivity index (χ1n) is 9.64. The summed E-state index contributed by atoms with van der Waals surface area (Å²) >= 11 is 0. The van der Waals surface area contributed by atoms with Gasteiger partial charge in [-0.25, -0.2) is 4.98 Å². The number of carbonyl (C=O) groups is 1. The number of nitrogens with zero attached hydrogens (tertiary/aromatic N) is 3. The fraction of sp³-hybridized carbons (Fsp3) is 0.364. The second-order valence-corrected chi connectivity index (χ2v) is 7.16. The van der Waals surface area contributed by atoms with E-state index in [1.54, 1.807) is 12.3 Å². The third-order valence-electron chi connectivity index (χ3n) is 4.94. The van der Waals surface area contributed by atoms with Gasteiger partial charge in [0.2, 0.25) is 5.95 Å². The van der Waals surface area contributed by atoms with Crippen molar-refractivity contribution in [1.82, 2.24) is 9.97 Å². The van der Waals surface area contributed by atoms with E-state index in [9.17, 15) is 10.1 Å². The molecular formula is C22H25N5O2. The fourth-order valence-electron chi connectivity index (χ4n) is 3.20. The number of benzene rings is 1. The van der Waals surface area contributed by atoms with Crippen LogP contribution in [-0.4, -0.2) is 35.0 Å². The fourth-order valence-corrected chi connectivity index (χ4v) is 3.20. The predicted molar refractivity (Wildman–Crippen MR) is 112 cm³/mol. The minimum absolute atomic E-state index is 0.0848. The highest BCUT2D eigenvalue weighted by Crippen LogP contribution is 2.27. The third kappa shape index (κ3) is 5.18. The Balaban J connectivity index is 1.89. The lowest BCUT2D eigenvalue weighted by atomic mass is 9.99. The number of anilines is 3. The van der Waals surface area contributed by atoms with Crippen molar-refractivity contribution in [2.75, 3.05) is 23.8 Å². The average molecular weight is 391 g/mol. The van der Waals surface area contributed by atoms with Gasteiger partial charge in [0.15, 0.2) is 5.78 Å². The van der Waals surface area contributed by atoms with Gasteiger partial charge in [0.1, 0.15) is 5.82 Å². The zero-order valence-electron chi connectivity index (χ0n) is 16.8. The van der Waals surface area contributed by atoms with Crippen LogP contribution in [0, 0.1) is 25.2 Å². The molecule has 1 saturated heterocycles. The summed E-state index contributed by atoms with van der Waals surface area (Å²) in [7, 11) is 0. The first kappa shape index (κ1) is 20.5. The number of aryl methyl sites for hydroxylation is 2. The van der Waals surface area contributed by atoms with Gasteiger partial charge in [-0.05, 0) is 50.0 Å². The van der Waals surface area contributed by atoms with Crippen LogP contribution >= 0.6 is 0 Å². The maximum absolute atomic E-state index is 11.9. The molecule has 1 aliphatic rings. The minimum atomic E-state index is -0.0848. The molecule has 0 atom stereocenters. The van der Waals surface area contributed by atoms with Crippen LogP contribution in [0.2, 0.25) is 0 Å². The molecule has 2 N–H and O–H groups in total. The van der Waals surface area contributed by atoms with Gasteiger partial charge in [-0.3, -0.25) is 4.79 Å². The van der Waals surface area contributed by atoms with Crippen molar-refractivity contribution in [3.8, 4) is 6.07 Å². The highest BCUT2D eigenvalue weighted by atomic mass is 16.5. The number of nitrogens with one attached hydrogen (secondary N) is 2. The molecule has 7 nitrogen and oxygen atoms in total. The molecule has 0 amide bonds. The van der Waals surface area contributed by atoms with E-state index < -0.39 is 0 Å². The molecule has 2 heterocycles.